The van der Waals surface area contributed by atoms with Gasteiger partial charge in [-0.3, -0.25) is 14.6 Å². The SMILES string of the molecule is Cc1cc(-c2noc([C@H](C)NC(=O)[C@@H]3CCC(=O)N3)n2)ccn1. The fraction of sp³-hybridized carbons (Fsp3) is 0.400. The standard InChI is InChI=1S/C15H17N5O3/c1-8-7-10(5-6-16-8)13-19-15(23-20-13)9(2)17-14(22)11-3-4-12(21)18-11/h5-7,9,11H,3-4H2,1-2H3,(H,17,22)(H,18,21)/t9-,11-/m0/s1. The van der Waals surface area contributed by atoms with Crippen molar-refractivity contribution in [1.82, 2.24) is 25.8 Å². The van der Waals surface area contributed by atoms with E-state index in [0.29, 0.717) is 24.6 Å². The van der Waals surface area contributed by atoms with Gasteiger partial charge >= 0.3 is 0 Å². The number of nitrogens with zero attached hydrogens (tertiary/aromatic N) is 3. The third-order valence-electron chi connectivity index (χ3n) is 3.64. The number of rotatable bonds is 4. The van der Waals surface area contributed by atoms with E-state index in [9.17, 15) is 9.59 Å². The molecule has 3 rings (SSSR count). The summed E-state index contributed by atoms with van der Waals surface area (Å²) in [4.78, 5) is 31.7. The summed E-state index contributed by atoms with van der Waals surface area (Å²) in [5, 5.41) is 9.33. The fourth-order valence-corrected chi connectivity index (χ4v) is 2.40. The molecular weight excluding hydrogens is 298 g/mol. The van der Waals surface area contributed by atoms with Crippen molar-refractivity contribution >= 4 is 11.8 Å². The van der Waals surface area contributed by atoms with Gasteiger partial charge in [-0.15, -0.1) is 0 Å². The summed E-state index contributed by atoms with van der Waals surface area (Å²) >= 11 is 0. The molecule has 8 heteroatoms. The van der Waals surface area contributed by atoms with Gasteiger partial charge in [-0.1, -0.05) is 5.16 Å². The summed E-state index contributed by atoms with van der Waals surface area (Å²) in [6.45, 7) is 3.63. The van der Waals surface area contributed by atoms with Crippen molar-refractivity contribution in [3.05, 3.63) is 29.9 Å². The van der Waals surface area contributed by atoms with Crippen LogP contribution < -0.4 is 10.6 Å². The molecule has 2 aromatic heterocycles. The third kappa shape index (κ3) is 3.36. The molecule has 2 aromatic rings. The molecule has 3 heterocycles. The Bertz CT molecular complexity index is 742. The maximum Gasteiger partial charge on any atom is 0.249 e. The maximum atomic E-state index is 12.1. The van der Waals surface area contributed by atoms with E-state index < -0.39 is 12.1 Å². The maximum absolute atomic E-state index is 12.1. The zero-order valence-electron chi connectivity index (χ0n) is 12.9. The topological polar surface area (TPSA) is 110 Å². The Kier molecular flexibility index (Phi) is 4.05. The monoisotopic (exact) mass is 315 g/mol. The Morgan fingerprint density at radius 3 is 3.04 bits per heavy atom. The lowest BCUT2D eigenvalue weighted by Gasteiger charge is -2.13. The van der Waals surface area contributed by atoms with Crippen molar-refractivity contribution in [3.8, 4) is 11.4 Å². The minimum Gasteiger partial charge on any atom is -0.344 e. The van der Waals surface area contributed by atoms with Gasteiger partial charge in [-0.2, -0.15) is 4.98 Å². The van der Waals surface area contributed by atoms with E-state index in [1.807, 2.05) is 13.0 Å². The van der Waals surface area contributed by atoms with Crippen LogP contribution in [0, 0.1) is 6.92 Å². The molecule has 0 spiro atoms. The molecule has 23 heavy (non-hydrogen) atoms. The zero-order valence-corrected chi connectivity index (χ0v) is 12.9. The Balaban J connectivity index is 1.67. The number of nitrogens with one attached hydrogen (secondary N) is 2. The van der Waals surface area contributed by atoms with Gasteiger partial charge in [0, 0.05) is 23.9 Å². The minimum absolute atomic E-state index is 0.106. The number of hydrogen-bond donors (Lipinski definition) is 2. The highest BCUT2D eigenvalue weighted by Gasteiger charge is 2.29. The van der Waals surface area contributed by atoms with Crippen LogP contribution >= 0.6 is 0 Å². The minimum atomic E-state index is -0.491. The summed E-state index contributed by atoms with van der Waals surface area (Å²) in [6, 6.07) is 2.71. The number of carbonyl (C=O) groups excluding carboxylic acids is 2. The Morgan fingerprint density at radius 2 is 2.35 bits per heavy atom. The van der Waals surface area contributed by atoms with Crippen molar-refractivity contribution < 1.29 is 14.1 Å². The second-order valence-electron chi connectivity index (χ2n) is 5.53. The average Bonchev–Trinajstić information content (AvgIpc) is 3.16. The van der Waals surface area contributed by atoms with Crippen LogP contribution in [0.1, 0.15) is 37.4 Å². The molecule has 2 amide bonds. The summed E-state index contributed by atoms with van der Waals surface area (Å²) in [5.74, 6) is 0.404. The van der Waals surface area contributed by atoms with Crippen LogP contribution in [0.3, 0.4) is 0 Å². The van der Waals surface area contributed by atoms with Gasteiger partial charge in [-0.05, 0) is 32.4 Å². The lowest BCUT2D eigenvalue weighted by atomic mass is 10.2. The lowest BCUT2D eigenvalue weighted by molar-refractivity contribution is -0.126. The van der Waals surface area contributed by atoms with Gasteiger partial charge in [0.1, 0.15) is 12.1 Å². The molecule has 120 valence electrons. The second-order valence-corrected chi connectivity index (χ2v) is 5.53. The number of aromatic nitrogens is 3. The molecule has 1 fully saturated rings. The molecule has 2 N–H and O–H groups in total. The predicted octanol–water partition coefficient (Wildman–Crippen LogP) is 0.896. The van der Waals surface area contributed by atoms with Gasteiger partial charge in [-0.25, -0.2) is 0 Å². The number of pyridine rings is 1. The van der Waals surface area contributed by atoms with Crippen molar-refractivity contribution in [2.45, 2.75) is 38.8 Å². The van der Waals surface area contributed by atoms with E-state index in [0.717, 1.165) is 11.3 Å². The molecule has 0 radical (unpaired) electrons. The first kappa shape index (κ1) is 15.1. The average molecular weight is 315 g/mol. The predicted molar refractivity (Wildman–Crippen MR) is 80.0 cm³/mol. The molecular formula is C15H17N5O3. The molecule has 1 saturated heterocycles. The molecule has 8 nitrogen and oxygen atoms in total. The zero-order chi connectivity index (χ0) is 16.4. The molecule has 2 atom stereocenters. The summed E-state index contributed by atoms with van der Waals surface area (Å²) in [6.07, 6.45) is 2.55. The van der Waals surface area contributed by atoms with Crippen LogP contribution in [0.5, 0.6) is 0 Å². The van der Waals surface area contributed by atoms with E-state index in [1.54, 1.807) is 19.2 Å². The van der Waals surface area contributed by atoms with Crippen LogP contribution in [-0.2, 0) is 9.59 Å². The molecule has 1 aliphatic rings. The van der Waals surface area contributed by atoms with E-state index >= 15 is 0 Å². The number of aryl methyl sites for hydroxylation is 1. The smallest absolute Gasteiger partial charge is 0.249 e. The second kappa shape index (κ2) is 6.15. The van der Waals surface area contributed by atoms with Crippen LogP contribution in [0.2, 0.25) is 0 Å². The van der Waals surface area contributed by atoms with Crippen LogP contribution in [0.15, 0.2) is 22.9 Å². The number of carbonyl (C=O) groups is 2. The third-order valence-corrected chi connectivity index (χ3v) is 3.64. The number of amides is 2. The molecule has 1 aliphatic heterocycles. The molecule has 0 aliphatic carbocycles. The summed E-state index contributed by atoms with van der Waals surface area (Å²) in [7, 11) is 0. The summed E-state index contributed by atoms with van der Waals surface area (Å²) < 4.78 is 5.22. The molecule has 0 aromatic carbocycles. The van der Waals surface area contributed by atoms with E-state index in [2.05, 4.69) is 25.8 Å². The highest BCUT2D eigenvalue weighted by atomic mass is 16.5. The number of hydrogen-bond acceptors (Lipinski definition) is 6. The lowest BCUT2D eigenvalue weighted by Crippen LogP contribution is -2.42. The van der Waals surface area contributed by atoms with Gasteiger partial charge in [0.15, 0.2) is 0 Å². The van der Waals surface area contributed by atoms with Crippen molar-refractivity contribution in [1.29, 1.82) is 0 Å². The molecule has 0 bridgehead atoms. The van der Waals surface area contributed by atoms with Crippen molar-refractivity contribution in [3.63, 3.8) is 0 Å². The molecule has 0 unspecified atom stereocenters. The van der Waals surface area contributed by atoms with E-state index in [1.165, 1.54) is 0 Å². The van der Waals surface area contributed by atoms with Gasteiger partial charge < -0.3 is 15.2 Å². The normalized spacial score (nSPS) is 18.5. The highest BCUT2D eigenvalue weighted by Crippen LogP contribution is 2.19. The Labute approximate surface area is 132 Å². The van der Waals surface area contributed by atoms with Gasteiger partial charge in [0.2, 0.25) is 23.5 Å². The summed E-state index contributed by atoms with van der Waals surface area (Å²) in [5.41, 5.74) is 1.65. The molecule has 0 saturated carbocycles. The first-order valence-electron chi connectivity index (χ1n) is 7.39. The largest absolute Gasteiger partial charge is 0.344 e. The highest BCUT2D eigenvalue weighted by molar-refractivity contribution is 5.90. The van der Waals surface area contributed by atoms with Crippen LogP contribution in [0.4, 0.5) is 0 Å². The first-order chi connectivity index (χ1) is 11.0. The first-order valence-corrected chi connectivity index (χ1v) is 7.39. The van der Waals surface area contributed by atoms with E-state index in [4.69, 9.17) is 4.52 Å². The Hall–Kier alpha value is -2.77. The van der Waals surface area contributed by atoms with Crippen LogP contribution in [-0.4, -0.2) is 33.0 Å². The van der Waals surface area contributed by atoms with Crippen molar-refractivity contribution in [2.24, 2.45) is 0 Å². The van der Waals surface area contributed by atoms with Gasteiger partial charge in [0.25, 0.3) is 0 Å². The van der Waals surface area contributed by atoms with Crippen molar-refractivity contribution in [2.75, 3.05) is 0 Å². The van der Waals surface area contributed by atoms with Gasteiger partial charge in [0.05, 0.1) is 0 Å². The van der Waals surface area contributed by atoms with E-state index in [-0.39, 0.29) is 11.8 Å². The Morgan fingerprint density at radius 1 is 1.52 bits per heavy atom. The van der Waals surface area contributed by atoms with Crippen LogP contribution in [0.25, 0.3) is 11.4 Å². The quantitative estimate of drug-likeness (QED) is 0.867. The fourth-order valence-electron chi connectivity index (χ4n) is 2.40.